The Kier molecular flexibility index (Phi) is 7.67. The lowest BCUT2D eigenvalue weighted by molar-refractivity contribution is 1.07. The van der Waals surface area contributed by atoms with Gasteiger partial charge in [0.15, 0.2) is 17.5 Å². The molecule has 3 nitrogen and oxygen atoms in total. The van der Waals surface area contributed by atoms with Crippen molar-refractivity contribution in [3.63, 3.8) is 0 Å². The fraction of sp³-hybridized carbons (Fsp3) is 0. The first kappa shape index (κ1) is 31.0. The predicted molar refractivity (Wildman–Crippen MR) is 223 cm³/mol. The summed E-state index contributed by atoms with van der Waals surface area (Å²) in [7, 11) is 0. The number of rotatable bonds is 6. The van der Waals surface area contributed by atoms with Crippen LogP contribution in [0.2, 0.25) is 0 Å². The van der Waals surface area contributed by atoms with Crippen LogP contribution in [0, 0.1) is 0 Å². The van der Waals surface area contributed by atoms with Crippen molar-refractivity contribution in [2.75, 3.05) is 0 Å². The molecule has 0 spiro atoms. The van der Waals surface area contributed by atoms with Crippen LogP contribution in [-0.4, -0.2) is 15.0 Å². The van der Waals surface area contributed by atoms with Gasteiger partial charge in [-0.25, -0.2) is 15.0 Å². The minimum Gasteiger partial charge on any atom is -0.208 e. The van der Waals surface area contributed by atoms with E-state index < -0.39 is 0 Å². The maximum Gasteiger partial charge on any atom is 0.164 e. The van der Waals surface area contributed by atoms with Crippen LogP contribution >= 0.6 is 11.3 Å². The van der Waals surface area contributed by atoms with E-state index in [1.165, 1.54) is 47.6 Å². The van der Waals surface area contributed by atoms with Gasteiger partial charge in [0.25, 0.3) is 0 Å². The van der Waals surface area contributed by atoms with Gasteiger partial charge in [0.05, 0.1) is 0 Å². The van der Waals surface area contributed by atoms with Crippen LogP contribution in [0.5, 0.6) is 0 Å². The Morgan fingerprint density at radius 2 is 0.736 bits per heavy atom. The topological polar surface area (TPSA) is 38.7 Å². The summed E-state index contributed by atoms with van der Waals surface area (Å²) in [5.41, 5.74) is 9.91. The molecule has 0 aliphatic carbocycles. The molecule has 0 saturated carbocycles. The highest BCUT2D eigenvalue weighted by Gasteiger charge is 2.17. The number of hydrogen-bond acceptors (Lipinski definition) is 4. The van der Waals surface area contributed by atoms with Crippen molar-refractivity contribution in [1.29, 1.82) is 0 Å². The molecule has 248 valence electrons. The van der Waals surface area contributed by atoms with Gasteiger partial charge in [-0.3, -0.25) is 0 Å². The molecule has 0 atom stereocenters. The molecule has 0 fully saturated rings. The standard InChI is InChI=1S/C49H31N3S/c1-3-14-32(15-4-1)36-18-7-10-22-44(36)49-51-47(34-16-5-2-6-17-34)50-48(52-49)35-28-26-33(27-29-35)37-30-31-40(39-20-9-8-19-38(37)39)42-23-13-24-43-41-21-11-12-25-45(41)53-46(42)43/h1-31H. The molecular formula is C49H31N3S. The summed E-state index contributed by atoms with van der Waals surface area (Å²) in [5.74, 6) is 1.93. The zero-order chi connectivity index (χ0) is 35.1. The van der Waals surface area contributed by atoms with Gasteiger partial charge < -0.3 is 0 Å². The zero-order valence-corrected chi connectivity index (χ0v) is 29.5. The molecule has 53 heavy (non-hydrogen) atoms. The summed E-state index contributed by atoms with van der Waals surface area (Å²) < 4.78 is 2.64. The van der Waals surface area contributed by atoms with Gasteiger partial charge in [-0.1, -0.05) is 182 Å². The molecule has 0 bridgehead atoms. The molecule has 10 aromatic rings. The third-order valence-corrected chi connectivity index (χ3v) is 11.2. The summed E-state index contributed by atoms with van der Waals surface area (Å²) in [6.45, 7) is 0. The summed E-state index contributed by atoms with van der Waals surface area (Å²) in [4.78, 5) is 15.1. The molecule has 0 saturated heterocycles. The number of thiophene rings is 1. The van der Waals surface area contributed by atoms with Gasteiger partial charge >= 0.3 is 0 Å². The van der Waals surface area contributed by atoms with E-state index in [9.17, 15) is 0 Å². The maximum absolute atomic E-state index is 5.10. The molecule has 10 rings (SSSR count). The van der Waals surface area contributed by atoms with E-state index in [0.29, 0.717) is 17.5 Å². The number of aromatic nitrogens is 3. The van der Waals surface area contributed by atoms with Gasteiger partial charge in [0.2, 0.25) is 0 Å². The maximum atomic E-state index is 5.10. The Morgan fingerprint density at radius 1 is 0.264 bits per heavy atom. The molecule has 4 heteroatoms. The highest BCUT2D eigenvalue weighted by Crippen LogP contribution is 2.43. The van der Waals surface area contributed by atoms with Crippen LogP contribution in [-0.2, 0) is 0 Å². The molecule has 0 aliphatic rings. The second-order valence-electron chi connectivity index (χ2n) is 13.1. The van der Waals surface area contributed by atoms with Crippen LogP contribution in [0.4, 0.5) is 0 Å². The normalized spacial score (nSPS) is 11.4. The van der Waals surface area contributed by atoms with E-state index in [1.54, 1.807) is 0 Å². The Morgan fingerprint density at radius 3 is 1.47 bits per heavy atom. The Hall–Kier alpha value is -6.75. The van der Waals surface area contributed by atoms with E-state index in [0.717, 1.165) is 33.4 Å². The molecule has 0 radical (unpaired) electrons. The van der Waals surface area contributed by atoms with Crippen molar-refractivity contribution in [3.05, 3.63) is 188 Å². The van der Waals surface area contributed by atoms with E-state index in [4.69, 9.17) is 15.0 Å². The number of fused-ring (bicyclic) bond motifs is 4. The van der Waals surface area contributed by atoms with Gasteiger partial charge in [-0.2, -0.15) is 0 Å². The summed E-state index contributed by atoms with van der Waals surface area (Å²) >= 11 is 1.87. The van der Waals surface area contributed by atoms with Crippen LogP contribution < -0.4 is 0 Å². The first-order chi connectivity index (χ1) is 26.3. The highest BCUT2D eigenvalue weighted by molar-refractivity contribution is 7.26. The minimum absolute atomic E-state index is 0.639. The Bertz CT molecular complexity index is 2930. The lowest BCUT2D eigenvalue weighted by Crippen LogP contribution is -2.01. The Balaban J connectivity index is 1.07. The number of hydrogen-bond donors (Lipinski definition) is 0. The molecule has 8 aromatic carbocycles. The van der Waals surface area contributed by atoms with Crippen LogP contribution in [0.25, 0.3) is 98.5 Å². The average Bonchev–Trinajstić information content (AvgIpc) is 3.63. The van der Waals surface area contributed by atoms with Crippen LogP contribution in [0.1, 0.15) is 0 Å². The van der Waals surface area contributed by atoms with Gasteiger partial charge in [-0.15, -0.1) is 11.3 Å². The second kappa shape index (κ2) is 13.1. The van der Waals surface area contributed by atoms with E-state index in [2.05, 4.69) is 146 Å². The minimum atomic E-state index is 0.639. The van der Waals surface area contributed by atoms with E-state index >= 15 is 0 Å². The van der Waals surface area contributed by atoms with E-state index in [1.807, 2.05) is 53.8 Å². The van der Waals surface area contributed by atoms with Crippen LogP contribution in [0.3, 0.4) is 0 Å². The van der Waals surface area contributed by atoms with Crippen molar-refractivity contribution in [3.8, 4) is 67.5 Å². The monoisotopic (exact) mass is 693 g/mol. The smallest absolute Gasteiger partial charge is 0.164 e. The molecule has 0 N–H and O–H groups in total. The van der Waals surface area contributed by atoms with Gasteiger partial charge in [-0.05, 0) is 44.7 Å². The number of nitrogens with zero attached hydrogens (tertiary/aromatic N) is 3. The largest absolute Gasteiger partial charge is 0.208 e. The molecule has 0 unspecified atom stereocenters. The summed E-state index contributed by atoms with van der Waals surface area (Å²) in [5, 5.41) is 5.09. The summed E-state index contributed by atoms with van der Waals surface area (Å²) in [6.07, 6.45) is 0. The van der Waals surface area contributed by atoms with E-state index in [-0.39, 0.29) is 0 Å². The molecule has 0 amide bonds. The molecule has 2 aromatic heterocycles. The van der Waals surface area contributed by atoms with Gasteiger partial charge in [0.1, 0.15) is 0 Å². The SMILES string of the molecule is c1ccc(-c2nc(-c3ccc(-c4ccc(-c5cccc6c5sc5ccccc56)c5ccccc45)cc3)nc(-c3ccccc3-c3ccccc3)n2)cc1. The van der Waals surface area contributed by atoms with Crippen molar-refractivity contribution in [2.45, 2.75) is 0 Å². The second-order valence-corrected chi connectivity index (χ2v) is 14.2. The first-order valence-electron chi connectivity index (χ1n) is 17.8. The van der Waals surface area contributed by atoms with Crippen molar-refractivity contribution in [2.24, 2.45) is 0 Å². The summed E-state index contributed by atoms with van der Waals surface area (Å²) in [6, 6.07) is 66.2. The number of benzene rings is 8. The predicted octanol–water partition coefficient (Wildman–Crippen LogP) is 13.4. The van der Waals surface area contributed by atoms with Crippen LogP contribution in [0.15, 0.2) is 188 Å². The third-order valence-electron chi connectivity index (χ3n) is 9.99. The van der Waals surface area contributed by atoms with Crippen molar-refractivity contribution >= 4 is 42.3 Å². The van der Waals surface area contributed by atoms with Crippen molar-refractivity contribution < 1.29 is 0 Å². The molecule has 0 aliphatic heterocycles. The molecule has 2 heterocycles. The Labute approximate surface area is 311 Å². The van der Waals surface area contributed by atoms with Crippen molar-refractivity contribution in [1.82, 2.24) is 15.0 Å². The fourth-order valence-electron chi connectivity index (χ4n) is 7.43. The van der Waals surface area contributed by atoms with Gasteiger partial charge in [0, 0.05) is 42.4 Å². The highest BCUT2D eigenvalue weighted by atomic mass is 32.1. The molecular weight excluding hydrogens is 663 g/mol. The lowest BCUT2D eigenvalue weighted by Gasteiger charge is -2.14. The lowest BCUT2D eigenvalue weighted by atomic mass is 9.91. The first-order valence-corrected chi connectivity index (χ1v) is 18.6. The third kappa shape index (κ3) is 5.57. The zero-order valence-electron chi connectivity index (χ0n) is 28.6. The quantitative estimate of drug-likeness (QED) is 0.174. The fourth-order valence-corrected chi connectivity index (χ4v) is 8.66. The average molecular weight is 694 g/mol.